The number of rotatable bonds is 1. The molecule has 2 aliphatic rings. The minimum Gasteiger partial charge on any atom is -0.354 e. The number of aromatic nitrogens is 2. The van der Waals surface area contributed by atoms with Crippen LogP contribution in [0.2, 0.25) is 5.15 Å². The smallest absolute Gasteiger partial charge is 0.148 e. The molecule has 2 atom stereocenters. The summed E-state index contributed by atoms with van der Waals surface area (Å²) in [5, 5.41) is 0.489. The van der Waals surface area contributed by atoms with Crippen molar-refractivity contribution in [1.29, 1.82) is 0 Å². The van der Waals surface area contributed by atoms with Gasteiger partial charge in [0, 0.05) is 25.2 Å². The number of nitrogens with zero attached hydrogens (tertiary/aromatic N) is 4. The van der Waals surface area contributed by atoms with E-state index < -0.39 is 0 Å². The Morgan fingerprint density at radius 3 is 2.89 bits per heavy atom. The molecule has 2 aliphatic heterocycles. The van der Waals surface area contributed by atoms with Crippen LogP contribution in [0.4, 0.5) is 5.82 Å². The predicted molar refractivity (Wildman–Crippen MR) is 76.1 cm³/mol. The van der Waals surface area contributed by atoms with Gasteiger partial charge in [0.2, 0.25) is 0 Å². The lowest BCUT2D eigenvalue weighted by Crippen LogP contribution is -2.37. The van der Waals surface area contributed by atoms with Crippen LogP contribution in [-0.2, 0) is 0 Å². The Labute approximate surface area is 120 Å². The fourth-order valence-corrected chi connectivity index (χ4v) is 3.65. The van der Waals surface area contributed by atoms with Crippen LogP contribution in [-0.4, -0.2) is 47.1 Å². The molecule has 1 aromatic heterocycles. The number of hydrogen-bond acceptors (Lipinski definition) is 4. The van der Waals surface area contributed by atoms with Gasteiger partial charge < -0.3 is 4.90 Å². The molecule has 0 aliphatic carbocycles. The molecule has 0 amide bonds. The highest BCUT2D eigenvalue weighted by atomic mass is 79.9. The third kappa shape index (κ3) is 2.12. The number of anilines is 1. The van der Waals surface area contributed by atoms with Crippen LogP contribution in [0.3, 0.4) is 0 Å². The lowest BCUT2D eigenvalue weighted by atomic mass is 10.1. The molecule has 2 unspecified atom stereocenters. The molecule has 3 rings (SSSR count). The van der Waals surface area contributed by atoms with Crippen molar-refractivity contribution in [1.82, 2.24) is 14.9 Å². The molecule has 0 saturated carbocycles. The molecule has 0 aromatic carbocycles. The first-order valence-electron chi connectivity index (χ1n) is 6.29. The molecule has 2 bridgehead atoms. The van der Waals surface area contributed by atoms with Gasteiger partial charge in [-0.1, -0.05) is 11.6 Å². The van der Waals surface area contributed by atoms with Crippen molar-refractivity contribution in [2.75, 3.05) is 25.0 Å². The zero-order valence-electron chi connectivity index (χ0n) is 10.3. The summed E-state index contributed by atoms with van der Waals surface area (Å²) >= 11 is 9.54. The second-order valence-electron chi connectivity index (χ2n) is 5.09. The Morgan fingerprint density at radius 2 is 2.06 bits per heavy atom. The van der Waals surface area contributed by atoms with Crippen molar-refractivity contribution < 1.29 is 0 Å². The average Bonchev–Trinajstić information content (AvgIpc) is 2.58. The van der Waals surface area contributed by atoms with Crippen LogP contribution in [0.15, 0.2) is 10.8 Å². The largest absolute Gasteiger partial charge is 0.354 e. The van der Waals surface area contributed by atoms with Crippen molar-refractivity contribution in [3.8, 4) is 0 Å². The summed E-state index contributed by atoms with van der Waals surface area (Å²) in [5.74, 6) is 0.927. The monoisotopic (exact) mass is 330 g/mol. The highest BCUT2D eigenvalue weighted by Gasteiger charge is 2.35. The minimum atomic E-state index is 0.489. The molecule has 2 saturated heterocycles. The van der Waals surface area contributed by atoms with E-state index in [1.54, 1.807) is 0 Å². The highest BCUT2D eigenvalue weighted by Crippen LogP contribution is 2.34. The van der Waals surface area contributed by atoms with Crippen LogP contribution < -0.4 is 4.90 Å². The van der Waals surface area contributed by atoms with Gasteiger partial charge in [0.15, 0.2) is 0 Å². The maximum absolute atomic E-state index is 6.05. The average molecular weight is 332 g/mol. The van der Waals surface area contributed by atoms with Gasteiger partial charge in [0.05, 0.1) is 4.47 Å². The Bertz CT molecular complexity index is 456. The lowest BCUT2D eigenvalue weighted by molar-refractivity contribution is 0.254. The van der Waals surface area contributed by atoms with Crippen LogP contribution in [0.1, 0.15) is 19.3 Å². The summed E-state index contributed by atoms with van der Waals surface area (Å²) in [6.07, 6.45) is 5.35. The molecule has 0 N–H and O–H groups in total. The normalized spacial score (nSPS) is 28.5. The van der Waals surface area contributed by atoms with E-state index in [-0.39, 0.29) is 0 Å². The zero-order valence-corrected chi connectivity index (χ0v) is 12.7. The first kappa shape index (κ1) is 12.6. The van der Waals surface area contributed by atoms with Gasteiger partial charge in [-0.2, -0.15) is 0 Å². The summed E-state index contributed by atoms with van der Waals surface area (Å²) in [7, 11) is 2.24. The van der Waals surface area contributed by atoms with Crippen molar-refractivity contribution in [3.05, 3.63) is 16.0 Å². The van der Waals surface area contributed by atoms with E-state index in [1.807, 2.05) is 0 Å². The van der Waals surface area contributed by atoms with E-state index in [1.165, 1.54) is 25.6 Å². The van der Waals surface area contributed by atoms with Crippen molar-refractivity contribution >= 4 is 33.3 Å². The molecule has 0 spiro atoms. The van der Waals surface area contributed by atoms with Crippen molar-refractivity contribution in [2.45, 2.75) is 31.3 Å². The third-order valence-corrected chi connectivity index (χ3v) is 5.42. The third-order valence-electron chi connectivity index (χ3n) is 4.18. The minimum absolute atomic E-state index is 0.489. The van der Waals surface area contributed by atoms with E-state index in [0.717, 1.165) is 29.4 Å². The Kier molecular flexibility index (Phi) is 3.47. The number of likely N-dealkylation sites (N-methyl/N-ethyl adjacent to an activating group) is 1. The summed E-state index contributed by atoms with van der Waals surface area (Å²) < 4.78 is 0.812. The lowest BCUT2D eigenvalue weighted by Gasteiger charge is -2.27. The molecular weight excluding hydrogens is 316 g/mol. The second-order valence-corrected chi connectivity index (χ2v) is 6.24. The fourth-order valence-electron chi connectivity index (χ4n) is 3.06. The summed E-state index contributed by atoms with van der Waals surface area (Å²) in [6.45, 7) is 2.07. The summed E-state index contributed by atoms with van der Waals surface area (Å²) in [6, 6.07) is 1.37. The molecule has 0 radical (unpaired) electrons. The van der Waals surface area contributed by atoms with Gasteiger partial charge in [0.25, 0.3) is 0 Å². The van der Waals surface area contributed by atoms with Gasteiger partial charge in [-0.3, -0.25) is 4.90 Å². The summed E-state index contributed by atoms with van der Waals surface area (Å²) in [5.41, 5.74) is 0. The first-order valence-corrected chi connectivity index (χ1v) is 7.47. The number of halogens is 2. The molecule has 3 heterocycles. The molecule has 1 aromatic rings. The van der Waals surface area contributed by atoms with Crippen molar-refractivity contribution in [3.63, 3.8) is 0 Å². The zero-order chi connectivity index (χ0) is 12.7. The SMILES string of the molecule is CN1C2CCC1CN(c1ncnc(Cl)c1Br)CC2. The molecular formula is C12H16BrClN4. The number of hydrogen-bond donors (Lipinski definition) is 0. The quantitative estimate of drug-likeness (QED) is 0.740. The first-order chi connectivity index (χ1) is 8.66. The van der Waals surface area contributed by atoms with Crippen LogP contribution >= 0.6 is 27.5 Å². The second kappa shape index (κ2) is 4.94. The Balaban J connectivity index is 1.87. The van der Waals surface area contributed by atoms with E-state index in [0.29, 0.717) is 11.2 Å². The van der Waals surface area contributed by atoms with E-state index >= 15 is 0 Å². The van der Waals surface area contributed by atoms with Gasteiger partial charge in [-0.05, 0) is 42.2 Å². The maximum Gasteiger partial charge on any atom is 0.148 e. The Hall–Kier alpha value is -0.390. The fraction of sp³-hybridized carbons (Fsp3) is 0.667. The topological polar surface area (TPSA) is 32.3 Å². The van der Waals surface area contributed by atoms with Gasteiger partial charge in [-0.25, -0.2) is 9.97 Å². The molecule has 18 heavy (non-hydrogen) atoms. The maximum atomic E-state index is 6.05. The van der Waals surface area contributed by atoms with Gasteiger partial charge >= 0.3 is 0 Å². The van der Waals surface area contributed by atoms with E-state index in [2.05, 4.69) is 42.7 Å². The van der Waals surface area contributed by atoms with Crippen molar-refractivity contribution in [2.24, 2.45) is 0 Å². The van der Waals surface area contributed by atoms with Gasteiger partial charge in [-0.15, -0.1) is 0 Å². The molecule has 2 fully saturated rings. The molecule has 4 nitrogen and oxygen atoms in total. The predicted octanol–water partition coefficient (Wildman–Crippen LogP) is 2.57. The van der Waals surface area contributed by atoms with Crippen LogP contribution in [0, 0.1) is 0 Å². The summed E-state index contributed by atoms with van der Waals surface area (Å²) in [4.78, 5) is 13.2. The van der Waals surface area contributed by atoms with E-state index in [4.69, 9.17) is 11.6 Å². The van der Waals surface area contributed by atoms with Gasteiger partial charge in [0.1, 0.15) is 17.3 Å². The highest BCUT2D eigenvalue weighted by molar-refractivity contribution is 9.10. The molecule has 6 heteroatoms. The molecule has 98 valence electrons. The van der Waals surface area contributed by atoms with Crippen LogP contribution in [0.25, 0.3) is 0 Å². The Morgan fingerprint density at radius 1 is 1.28 bits per heavy atom. The standard InChI is InChI=1S/C12H16BrClN4/c1-17-8-2-3-9(17)6-18(5-4-8)12-10(13)11(14)15-7-16-12/h7-9H,2-6H2,1H3. The number of fused-ring (bicyclic) bond motifs is 2. The van der Waals surface area contributed by atoms with E-state index in [9.17, 15) is 0 Å². The van der Waals surface area contributed by atoms with Crippen LogP contribution in [0.5, 0.6) is 0 Å².